The first-order valence-corrected chi connectivity index (χ1v) is 4.62. The van der Waals surface area contributed by atoms with Gasteiger partial charge in [0, 0.05) is 5.71 Å². The second kappa shape index (κ2) is 15.5. The highest BCUT2D eigenvalue weighted by molar-refractivity contribution is 5.73. The minimum absolute atomic E-state index is 0. The van der Waals surface area contributed by atoms with Crippen LogP contribution in [0, 0.1) is 41.9 Å². The molecule has 0 aromatic heterocycles. The Labute approximate surface area is 104 Å². The molecule has 0 saturated heterocycles. The van der Waals surface area contributed by atoms with E-state index in [1.54, 1.807) is 6.92 Å². The van der Waals surface area contributed by atoms with Crippen LogP contribution >= 0.6 is 0 Å². The van der Waals surface area contributed by atoms with E-state index >= 15 is 0 Å². The molecule has 0 heterocycles. The molecular weight excluding hydrogens is 200 g/mol. The Hall–Kier alpha value is -1.95. The summed E-state index contributed by atoms with van der Waals surface area (Å²) in [6.07, 6.45) is 7.53. The predicted molar refractivity (Wildman–Crippen MR) is 76.8 cm³/mol. The van der Waals surface area contributed by atoms with Crippen molar-refractivity contribution in [2.24, 2.45) is 5.92 Å². The molecule has 16 heavy (non-hydrogen) atoms. The van der Waals surface area contributed by atoms with E-state index in [0.29, 0.717) is 5.92 Å². The Morgan fingerprint density at radius 1 is 1.31 bits per heavy atom. The summed E-state index contributed by atoms with van der Waals surface area (Å²) in [5, 5.41) is 0. The predicted octanol–water partition coefficient (Wildman–Crippen LogP) is 2.59. The number of hydrogen-bond donors (Lipinski definition) is 0. The molecule has 2 heteroatoms. The lowest BCUT2D eigenvalue weighted by Crippen LogP contribution is -1.93. The molecule has 0 unspecified atom stereocenters. The minimum Gasteiger partial charge on any atom is -0.412 e. The molecule has 2 nitrogen and oxygen atoms in total. The summed E-state index contributed by atoms with van der Waals surface area (Å²) in [5.41, 5.74) is 0.880. The highest BCUT2D eigenvalue weighted by Crippen LogP contribution is 2.04. The molecular formula is C14H26O2. The quantitative estimate of drug-likeness (QED) is 0.405. The maximum Gasteiger partial charge on any atom is 0.145 e. The van der Waals surface area contributed by atoms with Crippen molar-refractivity contribution < 1.29 is 16.0 Å². The number of aldehydes is 1. The normalized spacial score (nSPS) is 7.62. The van der Waals surface area contributed by atoms with E-state index in [1.807, 2.05) is 26.8 Å². The molecule has 0 aromatic rings. The maximum absolute atomic E-state index is 10.1. The lowest BCUT2D eigenvalue weighted by molar-refractivity contribution is -0.105. The Morgan fingerprint density at radius 3 is 2.06 bits per heavy atom. The highest BCUT2D eigenvalue weighted by Gasteiger charge is 1.96. The van der Waals surface area contributed by atoms with Gasteiger partial charge in [-0.15, -0.1) is 6.42 Å². The van der Waals surface area contributed by atoms with E-state index < -0.39 is 0 Å². The average molecular weight is 226 g/mol. The number of terminal acetylenes is 1. The lowest BCUT2D eigenvalue weighted by atomic mass is 10.1. The van der Waals surface area contributed by atoms with Crippen LogP contribution in [0.15, 0.2) is 11.6 Å². The summed E-state index contributed by atoms with van der Waals surface area (Å²) in [5.74, 6) is 12.4. The van der Waals surface area contributed by atoms with Crippen molar-refractivity contribution in [3.05, 3.63) is 11.6 Å². The largest absolute Gasteiger partial charge is 0.412 e. The van der Waals surface area contributed by atoms with Crippen LogP contribution in [-0.4, -0.2) is 11.8 Å². The zero-order chi connectivity index (χ0) is 12.1. The molecule has 0 bridgehead atoms. The minimum atomic E-state index is 0. The van der Waals surface area contributed by atoms with Gasteiger partial charge in [-0.25, -0.2) is 0 Å². The molecule has 0 rings (SSSR count). The Bertz CT molecular complexity index is 374. The first-order valence-electron chi connectivity index (χ1n) is 4.62. The van der Waals surface area contributed by atoms with Crippen LogP contribution in [0.3, 0.4) is 0 Å². The molecule has 0 aromatic carbocycles. The summed E-state index contributed by atoms with van der Waals surface area (Å²) in [6.45, 7) is 7.60. The van der Waals surface area contributed by atoms with Crippen molar-refractivity contribution in [1.82, 2.24) is 0 Å². The van der Waals surface area contributed by atoms with Gasteiger partial charge in [-0.3, -0.25) is 4.79 Å². The first-order chi connectivity index (χ1) is 7.13. The van der Waals surface area contributed by atoms with Crippen molar-refractivity contribution in [2.75, 3.05) is 0 Å². The lowest BCUT2D eigenvalue weighted by Gasteiger charge is -1.99. The smallest absolute Gasteiger partial charge is 0.145 e. The van der Waals surface area contributed by atoms with E-state index in [9.17, 15) is 4.79 Å². The summed E-state index contributed by atoms with van der Waals surface area (Å²) in [4.78, 5) is 10.1. The van der Waals surface area contributed by atoms with Gasteiger partial charge in [0.05, 0.1) is 0 Å². The number of hydrogen-bond acceptors (Lipinski definition) is 1. The molecule has 0 aliphatic heterocycles. The number of rotatable bonds is 2. The maximum atomic E-state index is 10.1. The molecule has 0 fully saturated rings. The van der Waals surface area contributed by atoms with Crippen LogP contribution in [0.5, 0.6) is 0 Å². The van der Waals surface area contributed by atoms with Crippen LogP contribution in [0.2, 0.25) is 0 Å². The van der Waals surface area contributed by atoms with Gasteiger partial charge >= 0.3 is 0 Å². The Morgan fingerprint density at radius 2 is 1.88 bits per heavy atom. The second-order valence-corrected chi connectivity index (χ2v) is 2.83. The van der Waals surface area contributed by atoms with E-state index in [4.69, 9.17) is 6.42 Å². The molecule has 0 amide bonds. The molecule has 0 saturated carbocycles. The van der Waals surface area contributed by atoms with Gasteiger partial charge in [0.1, 0.15) is 6.29 Å². The molecule has 0 aliphatic rings. The molecule has 94 valence electrons. The fourth-order valence-electron chi connectivity index (χ4n) is 0.667. The van der Waals surface area contributed by atoms with E-state index in [1.165, 1.54) is 0 Å². The fourth-order valence-corrected chi connectivity index (χ4v) is 0.667. The van der Waals surface area contributed by atoms with Crippen molar-refractivity contribution in [1.29, 1.82) is 0 Å². The van der Waals surface area contributed by atoms with Gasteiger partial charge < -0.3 is 5.48 Å². The van der Waals surface area contributed by atoms with E-state index in [2.05, 4.69) is 29.6 Å². The monoisotopic (exact) mass is 226 g/mol. The third-order valence-corrected chi connectivity index (χ3v) is 1.46. The average Bonchev–Trinajstić information content (AvgIpc) is 2.21. The standard InChI is InChI=1S/C7H12O.C7H4.H2O.4H2/c1-4-7(5-8)6(2)3;1-3-5-7-6-4-2;;;;;/h4-6H,1-3H3;1H,2H3;1H2;4*1H/b7-4-;;;;;;. The van der Waals surface area contributed by atoms with Crippen molar-refractivity contribution in [2.45, 2.75) is 27.7 Å². The van der Waals surface area contributed by atoms with Crippen LogP contribution in [0.1, 0.15) is 33.4 Å². The number of allylic oxidation sites excluding steroid dienone is 2. The molecule has 0 radical (unpaired) electrons. The molecule has 0 atom stereocenters. The molecule has 0 aliphatic carbocycles. The molecule has 0 spiro atoms. The van der Waals surface area contributed by atoms with Crippen LogP contribution in [0.4, 0.5) is 0 Å². The van der Waals surface area contributed by atoms with Gasteiger partial charge in [0.2, 0.25) is 0 Å². The zero-order valence-electron chi connectivity index (χ0n) is 10.2. The second-order valence-electron chi connectivity index (χ2n) is 2.83. The Balaban J connectivity index is -0.0000000272. The van der Waals surface area contributed by atoms with Crippen molar-refractivity contribution in [3.63, 3.8) is 0 Å². The fraction of sp³-hybridized carbons (Fsp3) is 0.357. The van der Waals surface area contributed by atoms with Gasteiger partial charge in [-0.2, -0.15) is 0 Å². The SMILES string of the molecule is C#CC#CC#CC.C/C=C(/C=O)C(C)C.O.[HH].[HH].[HH].[HH]. The van der Waals surface area contributed by atoms with E-state index in [-0.39, 0.29) is 11.2 Å². The summed E-state index contributed by atoms with van der Waals surface area (Å²) >= 11 is 0. The summed E-state index contributed by atoms with van der Waals surface area (Å²) in [7, 11) is 0. The van der Waals surface area contributed by atoms with Crippen LogP contribution < -0.4 is 0 Å². The third kappa shape index (κ3) is 14.6. The van der Waals surface area contributed by atoms with Gasteiger partial charge in [-0.05, 0) is 49.0 Å². The Kier molecular flexibility index (Phi) is 19.0. The van der Waals surface area contributed by atoms with Crippen molar-refractivity contribution in [3.8, 4) is 36.0 Å². The van der Waals surface area contributed by atoms with Crippen LogP contribution in [-0.2, 0) is 4.79 Å². The number of carbonyl (C=O) groups is 1. The van der Waals surface area contributed by atoms with E-state index in [0.717, 1.165) is 11.9 Å². The third-order valence-electron chi connectivity index (χ3n) is 1.46. The summed E-state index contributed by atoms with van der Waals surface area (Å²) in [6, 6.07) is 0. The first kappa shape index (κ1) is 19.6. The van der Waals surface area contributed by atoms with Gasteiger partial charge in [0.15, 0.2) is 0 Å². The topological polar surface area (TPSA) is 48.6 Å². The van der Waals surface area contributed by atoms with Gasteiger partial charge in [-0.1, -0.05) is 25.8 Å². The van der Waals surface area contributed by atoms with Gasteiger partial charge in [0.25, 0.3) is 0 Å². The number of carbonyl (C=O) groups excluding carboxylic acids is 1. The zero-order valence-corrected chi connectivity index (χ0v) is 10.2. The highest BCUT2D eigenvalue weighted by atomic mass is 16.1. The molecule has 2 N–H and O–H groups in total. The summed E-state index contributed by atoms with van der Waals surface area (Å²) < 4.78 is 0. The van der Waals surface area contributed by atoms with Crippen molar-refractivity contribution >= 4 is 6.29 Å². The van der Waals surface area contributed by atoms with Crippen LogP contribution in [0.25, 0.3) is 0 Å².